The maximum atomic E-state index is 12.5. The molecule has 2 aliphatic carbocycles. The van der Waals surface area contributed by atoms with E-state index in [0.717, 1.165) is 25.7 Å². The van der Waals surface area contributed by atoms with Crippen molar-refractivity contribution in [3.05, 3.63) is 24.3 Å². The average Bonchev–Trinajstić information content (AvgIpc) is 2.68. The van der Waals surface area contributed by atoms with Crippen molar-refractivity contribution in [3.63, 3.8) is 0 Å². The lowest BCUT2D eigenvalue weighted by atomic mass is 9.80. The van der Waals surface area contributed by atoms with Crippen LogP contribution in [0.5, 0.6) is 0 Å². The van der Waals surface area contributed by atoms with Crippen LogP contribution in [0.3, 0.4) is 0 Å². The summed E-state index contributed by atoms with van der Waals surface area (Å²) >= 11 is 0. The lowest BCUT2D eigenvalue weighted by Gasteiger charge is -2.33. The molecule has 6 atom stereocenters. The zero-order valence-corrected chi connectivity index (χ0v) is 18.8. The highest BCUT2D eigenvalue weighted by molar-refractivity contribution is 5.93. The van der Waals surface area contributed by atoms with Crippen molar-refractivity contribution >= 4 is 23.4 Å². The molecule has 0 unspecified atom stereocenters. The van der Waals surface area contributed by atoms with E-state index < -0.39 is 0 Å². The predicted molar refractivity (Wildman–Crippen MR) is 123 cm³/mol. The van der Waals surface area contributed by atoms with Gasteiger partial charge in [-0.25, -0.2) is 9.59 Å². The van der Waals surface area contributed by atoms with Crippen LogP contribution in [-0.2, 0) is 0 Å². The third-order valence-electron chi connectivity index (χ3n) is 6.93. The van der Waals surface area contributed by atoms with Crippen LogP contribution in [0.25, 0.3) is 0 Å². The van der Waals surface area contributed by atoms with Gasteiger partial charge >= 0.3 is 12.1 Å². The van der Waals surface area contributed by atoms with Crippen molar-refractivity contribution < 1.29 is 9.59 Å². The van der Waals surface area contributed by atoms with Gasteiger partial charge in [-0.3, -0.25) is 0 Å². The number of nitrogens with one attached hydrogen (secondary N) is 4. The Balaban J connectivity index is 1.51. The zero-order chi connectivity index (χ0) is 21.7. The van der Waals surface area contributed by atoms with Gasteiger partial charge in [0.2, 0.25) is 0 Å². The first-order chi connectivity index (χ1) is 14.3. The molecule has 1 aromatic carbocycles. The molecule has 4 N–H and O–H groups in total. The number of urea groups is 2. The zero-order valence-electron chi connectivity index (χ0n) is 18.8. The average molecular weight is 415 g/mol. The summed E-state index contributed by atoms with van der Waals surface area (Å²) in [4.78, 5) is 24.9. The molecular weight excluding hydrogens is 376 g/mol. The molecule has 0 aliphatic heterocycles. The van der Waals surface area contributed by atoms with Crippen molar-refractivity contribution in [2.45, 2.75) is 78.3 Å². The molecule has 0 aromatic heterocycles. The van der Waals surface area contributed by atoms with Gasteiger partial charge < -0.3 is 21.3 Å². The van der Waals surface area contributed by atoms with Crippen LogP contribution in [0.15, 0.2) is 24.3 Å². The Morgan fingerprint density at radius 1 is 0.733 bits per heavy atom. The summed E-state index contributed by atoms with van der Waals surface area (Å²) in [5, 5.41) is 12.1. The molecule has 0 heterocycles. The summed E-state index contributed by atoms with van der Waals surface area (Å²) in [5.41, 5.74) is 1.34. The Labute approximate surface area is 181 Å². The van der Waals surface area contributed by atoms with Gasteiger partial charge in [0.15, 0.2) is 0 Å². The number of carbonyl (C=O) groups excluding carboxylic acids is 2. The van der Waals surface area contributed by atoms with Crippen molar-refractivity contribution in [1.29, 1.82) is 0 Å². The first-order valence-electron chi connectivity index (χ1n) is 11.5. The topological polar surface area (TPSA) is 82.3 Å². The normalized spacial score (nSPS) is 31.5. The number of benzene rings is 1. The Morgan fingerprint density at radius 2 is 1.17 bits per heavy atom. The van der Waals surface area contributed by atoms with Gasteiger partial charge in [-0.05, 0) is 67.6 Å². The van der Waals surface area contributed by atoms with Crippen molar-refractivity contribution in [2.75, 3.05) is 10.6 Å². The minimum atomic E-state index is -0.187. The predicted octanol–water partition coefficient (Wildman–Crippen LogP) is 5.58. The molecule has 1 aromatic rings. The Hall–Kier alpha value is -2.24. The lowest BCUT2D eigenvalue weighted by molar-refractivity contribution is 0.214. The van der Waals surface area contributed by atoms with E-state index in [9.17, 15) is 9.59 Å². The molecule has 30 heavy (non-hydrogen) atoms. The van der Waals surface area contributed by atoms with E-state index in [1.165, 1.54) is 12.8 Å². The number of anilines is 2. The maximum absolute atomic E-state index is 12.5. The van der Waals surface area contributed by atoms with Crippen molar-refractivity contribution in [3.8, 4) is 0 Å². The van der Waals surface area contributed by atoms with Crippen molar-refractivity contribution in [1.82, 2.24) is 10.6 Å². The smallest absolute Gasteiger partial charge is 0.319 e. The van der Waals surface area contributed by atoms with Gasteiger partial charge in [-0.2, -0.15) is 0 Å². The summed E-state index contributed by atoms with van der Waals surface area (Å²) in [6.07, 6.45) is 6.81. The highest BCUT2D eigenvalue weighted by atomic mass is 16.2. The van der Waals surface area contributed by atoms with Crippen LogP contribution < -0.4 is 21.3 Å². The molecule has 2 saturated carbocycles. The van der Waals surface area contributed by atoms with Gasteiger partial charge in [-0.1, -0.05) is 46.6 Å². The van der Waals surface area contributed by atoms with E-state index in [2.05, 4.69) is 49.0 Å². The van der Waals surface area contributed by atoms with Gasteiger partial charge in [0.1, 0.15) is 0 Å². The fourth-order valence-electron chi connectivity index (χ4n) is 4.81. The lowest BCUT2D eigenvalue weighted by Crippen LogP contribution is -2.45. The van der Waals surface area contributed by atoms with E-state index >= 15 is 0 Å². The van der Waals surface area contributed by atoms with Gasteiger partial charge in [-0.15, -0.1) is 0 Å². The quantitative estimate of drug-likeness (QED) is 0.519. The second-order valence-corrected chi connectivity index (χ2v) is 9.78. The Morgan fingerprint density at radius 3 is 1.60 bits per heavy atom. The number of hydrogen-bond donors (Lipinski definition) is 4. The van der Waals surface area contributed by atoms with Gasteiger partial charge in [0, 0.05) is 23.5 Å². The molecule has 0 spiro atoms. The molecular formula is C24H38N4O2. The molecule has 6 heteroatoms. The maximum Gasteiger partial charge on any atom is 0.319 e. The fraction of sp³-hybridized carbons (Fsp3) is 0.667. The monoisotopic (exact) mass is 414 g/mol. The molecule has 0 bridgehead atoms. The van der Waals surface area contributed by atoms with Crippen LogP contribution in [0, 0.1) is 23.7 Å². The largest absolute Gasteiger partial charge is 0.335 e. The Bertz CT molecular complexity index is 680. The van der Waals surface area contributed by atoms with Crippen molar-refractivity contribution in [2.24, 2.45) is 23.7 Å². The number of hydrogen-bond acceptors (Lipinski definition) is 2. The number of amides is 4. The summed E-state index contributed by atoms with van der Waals surface area (Å²) < 4.78 is 0. The van der Waals surface area contributed by atoms with E-state index in [0.29, 0.717) is 35.0 Å². The molecule has 0 radical (unpaired) electrons. The Kier molecular flexibility index (Phi) is 7.62. The van der Waals surface area contributed by atoms with E-state index in [1.807, 2.05) is 18.2 Å². The summed E-state index contributed by atoms with van der Waals surface area (Å²) in [5.74, 6) is 2.28. The third-order valence-corrected chi connectivity index (χ3v) is 6.93. The molecule has 2 aliphatic rings. The van der Waals surface area contributed by atoms with Crippen LogP contribution in [0.1, 0.15) is 66.2 Å². The first-order valence-corrected chi connectivity index (χ1v) is 11.5. The summed E-state index contributed by atoms with van der Waals surface area (Å²) in [6, 6.07) is 7.34. The standard InChI is InChI=1S/C24H38N4O2/c1-15-8-10-17(3)21(12-15)27-23(29)25-19-6-5-7-20(14-19)26-24(30)28-22-13-16(2)9-11-18(22)4/h5-7,14-18,21-22H,8-13H2,1-4H3,(H2,25,27,29)(H2,26,28,30)/t15-,16-,17+,18+,21-,22-/m1/s1. The van der Waals surface area contributed by atoms with Crippen LogP contribution in [0.4, 0.5) is 21.0 Å². The van der Waals surface area contributed by atoms with E-state index in [1.54, 1.807) is 6.07 Å². The fourth-order valence-corrected chi connectivity index (χ4v) is 4.81. The highest BCUT2D eigenvalue weighted by Crippen LogP contribution is 2.29. The van der Waals surface area contributed by atoms with Gasteiger partial charge in [0.25, 0.3) is 0 Å². The first kappa shape index (κ1) is 22.4. The molecule has 2 fully saturated rings. The second-order valence-electron chi connectivity index (χ2n) is 9.78. The second kappa shape index (κ2) is 10.2. The number of rotatable bonds is 4. The van der Waals surface area contributed by atoms with Gasteiger partial charge in [0.05, 0.1) is 0 Å². The van der Waals surface area contributed by atoms with Crippen LogP contribution >= 0.6 is 0 Å². The van der Waals surface area contributed by atoms with E-state index in [-0.39, 0.29) is 24.1 Å². The molecule has 166 valence electrons. The molecule has 6 nitrogen and oxygen atoms in total. The summed E-state index contributed by atoms with van der Waals surface area (Å²) in [6.45, 7) is 8.89. The third kappa shape index (κ3) is 6.38. The highest BCUT2D eigenvalue weighted by Gasteiger charge is 2.27. The number of carbonyl (C=O) groups is 2. The van der Waals surface area contributed by atoms with Crippen LogP contribution in [-0.4, -0.2) is 24.1 Å². The molecule has 3 rings (SSSR count). The minimum absolute atomic E-state index is 0.187. The van der Waals surface area contributed by atoms with E-state index in [4.69, 9.17) is 0 Å². The van der Waals surface area contributed by atoms with Crippen LogP contribution in [0.2, 0.25) is 0 Å². The molecule has 0 saturated heterocycles. The molecule has 4 amide bonds. The SMILES string of the molecule is C[C@@H]1CC[C@H](C)[C@H](NC(=O)Nc2cccc(NC(=O)N[C@@H]3C[C@H](C)CC[C@@H]3C)c2)C1. The minimum Gasteiger partial charge on any atom is -0.335 e. The summed E-state index contributed by atoms with van der Waals surface area (Å²) in [7, 11) is 0.